The van der Waals surface area contributed by atoms with Gasteiger partial charge in [0.2, 0.25) is 5.66 Å². The van der Waals surface area contributed by atoms with Crippen LogP contribution in [0.25, 0.3) is 0 Å². The second kappa shape index (κ2) is 6.77. The van der Waals surface area contributed by atoms with Crippen molar-refractivity contribution in [2.75, 3.05) is 6.61 Å². The summed E-state index contributed by atoms with van der Waals surface area (Å²) in [6.07, 6.45) is -1.09. The first-order chi connectivity index (χ1) is 10.2. The quantitative estimate of drug-likeness (QED) is 0.355. The highest BCUT2D eigenvalue weighted by molar-refractivity contribution is 5.79. The number of hydrogen-bond acceptors (Lipinski definition) is 6. The van der Waals surface area contributed by atoms with E-state index in [1.165, 1.54) is 13.8 Å². The lowest BCUT2D eigenvalue weighted by molar-refractivity contribution is -0.275. The van der Waals surface area contributed by atoms with E-state index in [0.717, 1.165) is 0 Å². The molecule has 0 aliphatic heterocycles. The van der Waals surface area contributed by atoms with E-state index in [1.807, 2.05) is 0 Å². The number of aldehydes is 1. The first kappa shape index (κ1) is 15.6. The maximum absolute atomic E-state index is 11.5. The molecule has 7 nitrogen and oxygen atoms in total. The molecule has 1 rings (SSSR count). The minimum atomic E-state index is -2.35. The second-order valence-corrected chi connectivity index (χ2v) is 5.10. The van der Waals surface area contributed by atoms with Crippen molar-refractivity contribution in [3.63, 3.8) is 0 Å². The molecule has 0 fully saturated rings. The molecule has 21 heavy (non-hydrogen) atoms. The molecule has 0 radical (unpaired) electrons. The second-order valence-electron chi connectivity index (χ2n) is 5.10. The van der Waals surface area contributed by atoms with Gasteiger partial charge in [-0.05, 0) is 19.4 Å². The summed E-state index contributed by atoms with van der Waals surface area (Å²) in [5.41, 5.74) is 2.39. The number of carbonyl (C=O) groups is 2. The standard InChI is InChI=1S/C14H20N2O5/c1-13(2,9-17)16(14(15,10-18)12(19)20)21-8-11-6-4-3-5-7-11/h3-7,9,18H,8,10,15H2,1-2H3,(H,19,20)/t14-/m0/s1/i9D. The number of aliphatic hydroxyl groups is 1. The van der Waals surface area contributed by atoms with Gasteiger partial charge in [0.15, 0.2) is 0 Å². The zero-order chi connectivity index (χ0) is 17.0. The molecule has 0 bridgehead atoms. The number of carbonyl (C=O) groups excluding carboxylic acids is 1. The Kier molecular flexibility index (Phi) is 5.03. The van der Waals surface area contributed by atoms with Gasteiger partial charge in [0, 0.05) is 0 Å². The summed E-state index contributed by atoms with van der Waals surface area (Å²) in [5.74, 6) is -1.57. The number of rotatable bonds is 8. The van der Waals surface area contributed by atoms with Crippen LogP contribution in [0.3, 0.4) is 0 Å². The van der Waals surface area contributed by atoms with Crippen LogP contribution in [0.2, 0.25) is 0 Å². The zero-order valence-electron chi connectivity index (χ0n) is 12.9. The first-order valence-electron chi connectivity index (χ1n) is 6.77. The number of hydrogen-bond donors (Lipinski definition) is 3. The fourth-order valence-electron chi connectivity index (χ4n) is 1.75. The van der Waals surface area contributed by atoms with Gasteiger partial charge in [0.1, 0.15) is 7.63 Å². The largest absolute Gasteiger partial charge is 0.479 e. The molecule has 7 heteroatoms. The van der Waals surface area contributed by atoms with Crippen molar-refractivity contribution in [1.29, 1.82) is 0 Å². The zero-order valence-corrected chi connectivity index (χ0v) is 11.9. The molecule has 0 unspecified atom stereocenters. The molecule has 1 aromatic rings. The molecule has 116 valence electrons. The highest BCUT2D eigenvalue weighted by atomic mass is 16.7. The van der Waals surface area contributed by atoms with E-state index in [0.29, 0.717) is 10.6 Å². The predicted molar refractivity (Wildman–Crippen MR) is 74.9 cm³/mol. The average molecular weight is 297 g/mol. The molecule has 0 aliphatic carbocycles. The van der Waals surface area contributed by atoms with Crippen molar-refractivity contribution >= 4 is 12.2 Å². The lowest BCUT2D eigenvalue weighted by Crippen LogP contribution is -2.69. The van der Waals surface area contributed by atoms with Crippen molar-refractivity contribution in [2.24, 2.45) is 5.73 Å². The van der Waals surface area contributed by atoms with Crippen LogP contribution in [0.15, 0.2) is 30.3 Å². The van der Waals surface area contributed by atoms with Crippen molar-refractivity contribution in [3.8, 4) is 0 Å². The summed E-state index contributed by atoms with van der Waals surface area (Å²) >= 11 is 0. The highest BCUT2D eigenvalue weighted by Gasteiger charge is 2.48. The lowest BCUT2D eigenvalue weighted by Gasteiger charge is -2.42. The number of benzene rings is 1. The first-order valence-corrected chi connectivity index (χ1v) is 6.27. The Morgan fingerprint density at radius 3 is 2.48 bits per heavy atom. The maximum atomic E-state index is 11.5. The maximum Gasteiger partial charge on any atom is 0.343 e. The van der Waals surface area contributed by atoms with Gasteiger partial charge in [0.05, 0.1) is 18.8 Å². The Bertz CT molecular complexity index is 537. The van der Waals surface area contributed by atoms with Gasteiger partial charge in [-0.25, -0.2) is 4.79 Å². The summed E-state index contributed by atoms with van der Waals surface area (Å²) in [6, 6.07) is 8.82. The van der Waals surface area contributed by atoms with Crippen LogP contribution in [-0.2, 0) is 21.0 Å². The lowest BCUT2D eigenvalue weighted by atomic mass is 10.0. The molecule has 0 heterocycles. The molecule has 0 aromatic heterocycles. The molecule has 0 saturated carbocycles. The fourth-order valence-corrected chi connectivity index (χ4v) is 1.75. The van der Waals surface area contributed by atoms with Crippen LogP contribution < -0.4 is 5.73 Å². The summed E-state index contributed by atoms with van der Waals surface area (Å²) in [6.45, 7) is 1.54. The number of hydroxylamine groups is 2. The molecular weight excluding hydrogens is 276 g/mol. The van der Waals surface area contributed by atoms with E-state index >= 15 is 0 Å². The minimum Gasteiger partial charge on any atom is -0.479 e. The van der Waals surface area contributed by atoms with Crippen LogP contribution in [0, 0.1) is 0 Å². The number of aliphatic hydroxyl groups excluding tert-OH is 1. The van der Waals surface area contributed by atoms with Crippen molar-refractivity contribution < 1.29 is 26.0 Å². The van der Waals surface area contributed by atoms with E-state index in [9.17, 15) is 19.8 Å². The van der Waals surface area contributed by atoms with Gasteiger partial charge < -0.3 is 15.0 Å². The van der Waals surface area contributed by atoms with E-state index in [-0.39, 0.29) is 6.61 Å². The van der Waals surface area contributed by atoms with Crippen LogP contribution in [0.4, 0.5) is 0 Å². The number of carboxylic acid groups (broad SMARTS) is 1. The van der Waals surface area contributed by atoms with Gasteiger partial charge in [0.25, 0.3) is 0 Å². The van der Waals surface area contributed by atoms with Crippen LogP contribution in [0.1, 0.15) is 20.8 Å². The Labute approximate surface area is 124 Å². The smallest absolute Gasteiger partial charge is 0.343 e. The number of nitrogens with two attached hydrogens (primary N) is 1. The van der Waals surface area contributed by atoms with Crippen molar-refractivity contribution in [1.82, 2.24) is 5.06 Å². The van der Waals surface area contributed by atoms with E-state index < -0.39 is 30.0 Å². The molecule has 0 amide bonds. The van der Waals surface area contributed by atoms with E-state index in [1.54, 1.807) is 30.3 Å². The number of nitrogens with zero attached hydrogens (tertiary/aromatic N) is 1. The molecular formula is C14H20N2O5. The number of aliphatic carboxylic acids is 1. The molecule has 0 spiro atoms. The third kappa shape index (κ3) is 3.85. The molecule has 0 aliphatic rings. The van der Waals surface area contributed by atoms with Gasteiger partial charge in [-0.2, -0.15) is 0 Å². The van der Waals surface area contributed by atoms with E-state index in [4.69, 9.17) is 11.9 Å². The molecule has 0 saturated heterocycles. The summed E-state index contributed by atoms with van der Waals surface area (Å²) in [4.78, 5) is 28.3. The Morgan fingerprint density at radius 2 is 2.05 bits per heavy atom. The van der Waals surface area contributed by atoms with Crippen molar-refractivity contribution in [2.45, 2.75) is 31.7 Å². The Balaban J connectivity index is 3.12. The van der Waals surface area contributed by atoms with Gasteiger partial charge in [-0.1, -0.05) is 30.3 Å². The monoisotopic (exact) mass is 297 g/mol. The highest BCUT2D eigenvalue weighted by Crippen LogP contribution is 2.23. The molecule has 4 N–H and O–H groups in total. The Morgan fingerprint density at radius 1 is 1.48 bits per heavy atom. The summed E-state index contributed by atoms with van der Waals surface area (Å²) in [5, 5.41) is 19.3. The molecule has 1 aromatic carbocycles. The SMILES string of the molecule is [2H]C(=O)C(C)(C)N(OCc1ccccc1)[C@@](N)(CO)C(=O)O. The Hall–Kier alpha value is -1.80. The summed E-state index contributed by atoms with van der Waals surface area (Å²) < 4.78 is 7.30. The summed E-state index contributed by atoms with van der Waals surface area (Å²) in [7, 11) is 0. The van der Waals surface area contributed by atoms with Crippen LogP contribution in [0.5, 0.6) is 0 Å². The molecule has 1 atom stereocenters. The topological polar surface area (TPSA) is 113 Å². The van der Waals surface area contributed by atoms with Crippen molar-refractivity contribution in [3.05, 3.63) is 35.9 Å². The third-order valence-electron chi connectivity index (χ3n) is 2.93. The fraction of sp³-hybridized carbons (Fsp3) is 0.429. The normalized spacial score (nSPS) is 15.4. The van der Waals surface area contributed by atoms with E-state index in [2.05, 4.69) is 0 Å². The van der Waals surface area contributed by atoms with Gasteiger partial charge >= 0.3 is 5.97 Å². The van der Waals surface area contributed by atoms with Crippen LogP contribution in [-0.4, -0.2) is 45.3 Å². The van der Waals surface area contributed by atoms with Gasteiger partial charge in [-0.15, -0.1) is 5.06 Å². The van der Waals surface area contributed by atoms with Crippen LogP contribution >= 0.6 is 0 Å². The number of carboxylic acids is 1. The third-order valence-corrected chi connectivity index (χ3v) is 2.93. The predicted octanol–water partition coefficient (Wildman–Crippen LogP) is 0.130. The average Bonchev–Trinajstić information content (AvgIpc) is 2.47. The van der Waals surface area contributed by atoms with Gasteiger partial charge in [-0.3, -0.25) is 10.6 Å². The minimum absolute atomic E-state index is 0.0657.